The van der Waals surface area contributed by atoms with E-state index in [0.29, 0.717) is 11.7 Å². The van der Waals surface area contributed by atoms with E-state index in [9.17, 15) is 4.79 Å². The molecule has 1 aliphatic heterocycles. The Hall–Kier alpha value is -3.86. The smallest absolute Gasteiger partial charge is 0.334 e. The number of hydrogen-bond donors (Lipinski definition) is 0. The lowest BCUT2D eigenvalue weighted by molar-refractivity contribution is -0.137. The van der Waals surface area contributed by atoms with E-state index in [1.54, 1.807) is 14.0 Å². The van der Waals surface area contributed by atoms with E-state index in [-0.39, 0.29) is 6.61 Å². The van der Waals surface area contributed by atoms with Crippen molar-refractivity contribution in [2.45, 2.75) is 12.5 Å². The van der Waals surface area contributed by atoms with Crippen molar-refractivity contribution in [1.82, 2.24) is 0 Å². The summed E-state index contributed by atoms with van der Waals surface area (Å²) in [6, 6.07) is 27.1. The molecule has 3 aromatic carbocycles. The van der Waals surface area contributed by atoms with Gasteiger partial charge < -0.3 is 14.2 Å². The lowest BCUT2D eigenvalue weighted by atomic mass is 9.81. The molecule has 0 amide bonds. The van der Waals surface area contributed by atoms with Gasteiger partial charge in [-0.3, -0.25) is 0 Å². The third-order valence-electron chi connectivity index (χ3n) is 5.09. The summed E-state index contributed by atoms with van der Waals surface area (Å²) in [7, 11) is 1.62. The lowest BCUT2D eigenvalue weighted by Gasteiger charge is -2.27. The summed E-state index contributed by atoms with van der Waals surface area (Å²) in [4.78, 5) is 17.5. The maximum absolute atomic E-state index is 12.4. The second-order valence-electron chi connectivity index (χ2n) is 6.95. The Bertz CT molecular complexity index is 1060. The fourth-order valence-electron chi connectivity index (χ4n) is 3.63. The first kappa shape index (κ1) is 20.4. The second kappa shape index (κ2) is 8.88. The second-order valence-corrected chi connectivity index (χ2v) is 6.95. The van der Waals surface area contributed by atoms with Crippen molar-refractivity contribution in [3.8, 4) is 5.75 Å². The first-order chi connectivity index (χ1) is 15.2. The van der Waals surface area contributed by atoms with Crippen LogP contribution in [0.1, 0.15) is 23.6 Å². The van der Waals surface area contributed by atoms with Gasteiger partial charge in [0.25, 0.3) is 0 Å². The molecule has 0 atom stereocenters. The van der Waals surface area contributed by atoms with Gasteiger partial charge in [-0.1, -0.05) is 60.7 Å². The van der Waals surface area contributed by atoms with Crippen LogP contribution in [0.2, 0.25) is 0 Å². The Balaban J connectivity index is 1.93. The third kappa shape index (κ3) is 3.94. The summed E-state index contributed by atoms with van der Waals surface area (Å²) in [6.45, 7) is 2.05. The number of esters is 1. The zero-order chi connectivity index (χ0) is 21.7. The van der Waals surface area contributed by atoms with Gasteiger partial charge in [-0.25, -0.2) is 9.79 Å². The molecular formula is C26H23NO4. The van der Waals surface area contributed by atoms with Gasteiger partial charge in [0.05, 0.1) is 19.8 Å². The number of methoxy groups -OCH3 is 1. The predicted octanol–water partition coefficient (Wildman–Crippen LogP) is 4.86. The van der Waals surface area contributed by atoms with Crippen LogP contribution in [-0.4, -0.2) is 25.6 Å². The van der Waals surface area contributed by atoms with Gasteiger partial charge in [-0.2, -0.15) is 0 Å². The molecule has 156 valence electrons. The molecule has 5 nitrogen and oxygen atoms in total. The summed E-state index contributed by atoms with van der Waals surface area (Å²) in [6.07, 6.45) is 1.39. The Kier molecular flexibility index (Phi) is 5.85. The van der Waals surface area contributed by atoms with Crippen LogP contribution in [0.3, 0.4) is 0 Å². The molecule has 0 fully saturated rings. The highest BCUT2D eigenvalue weighted by Gasteiger charge is 2.46. The van der Waals surface area contributed by atoms with Crippen molar-refractivity contribution in [3.05, 3.63) is 113 Å². The monoisotopic (exact) mass is 413 g/mol. The number of aliphatic imine (C=N–C) groups is 1. The van der Waals surface area contributed by atoms with Crippen molar-refractivity contribution < 1.29 is 19.0 Å². The molecule has 1 heterocycles. The zero-order valence-corrected chi connectivity index (χ0v) is 17.4. The van der Waals surface area contributed by atoms with Crippen molar-refractivity contribution in [1.29, 1.82) is 0 Å². The Morgan fingerprint density at radius 3 is 2.03 bits per heavy atom. The molecule has 0 saturated heterocycles. The lowest BCUT2D eigenvalue weighted by Crippen LogP contribution is -2.26. The Morgan fingerprint density at radius 2 is 1.52 bits per heavy atom. The van der Waals surface area contributed by atoms with Crippen LogP contribution in [0.5, 0.6) is 5.75 Å². The van der Waals surface area contributed by atoms with Crippen LogP contribution in [-0.2, 0) is 19.8 Å². The maximum Gasteiger partial charge on any atom is 0.334 e. The van der Waals surface area contributed by atoms with Gasteiger partial charge in [0.15, 0.2) is 11.3 Å². The summed E-state index contributed by atoms with van der Waals surface area (Å²) in [5, 5.41) is 0. The number of rotatable bonds is 6. The van der Waals surface area contributed by atoms with Crippen molar-refractivity contribution in [2.24, 2.45) is 4.99 Å². The largest absolute Gasteiger partial charge is 0.497 e. The first-order valence-electron chi connectivity index (χ1n) is 10.1. The predicted molar refractivity (Wildman–Crippen MR) is 119 cm³/mol. The molecule has 0 saturated carbocycles. The number of carbonyl (C=O) groups is 1. The molecule has 0 N–H and O–H groups in total. The molecular weight excluding hydrogens is 390 g/mol. The Labute approximate surface area is 181 Å². The number of ether oxygens (including phenoxy) is 3. The van der Waals surface area contributed by atoms with Crippen LogP contribution in [0.4, 0.5) is 0 Å². The molecule has 31 heavy (non-hydrogen) atoms. The van der Waals surface area contributed by atoms with Crippen molar-refractivity contribution in [3.63, 3.8) is 0 Å². The van der Waals surface area contributed by atoms with Gasteiger partial charge in [-0.15, -0.1) is 0 Å². The number of carbonyl (C=O) groups excluding carboxylic acids is 1. The number of nitrogens with zero attached hydrogens (tertiary/aromatic N) is 1. The number of hydrogen-bond acceptors (Lipinski definition) is 5. The van der Waals surface area contributed by atoms with Gasteiger partial charge in [0, 0.05) is 5.56 Å². The average molecular weight is 413 g/mol. The summed E-state index contributed by atoms with van der Waals surface area (Å²) >= 11 is 0. The number of benzene rings is 3. The van der Waals surface area contributed by atoms with E-state index in [1.807, 2.05) is 84.9 Å². The molecule has 0 bridgehead atoms. The third-order valence-corrected chi connectivity index (χ3v) is 5.09. The van der Waals surface area contributed by atoms with Crippen LogP contribution in [0.25, 0.3) is 0 Å². The van der Waals surface area contributed by atoms with Gasteiger partial charge >= 0.3 is 5.97 Å². The van der Waals surface area contributed by atoms with E-state index in [2.05, 4.69) is 0 Å². The van der Waals surface area contributed by atoms with Crippen LogP contribution < -0.4 is 4.74 Å². The van der Waals surface area contributed by atoms with Crippen molar-refractivity contribution >= 4 is 11.9 Å². The van der Waals surface area contributed by atoms with Gasteiger partial charge in [-0.05, 0) is 42.3 Å². The maximum atomic E-state index is 12.4. The highest BCUT2D eigenvalue weighted by molar-refractivity contribution is 5.98. The summed E-state index contributed by atoms with van der Waals surface area (Å²) < 4.78 is 16.7. The van der Waals surface area contributed by atoms with Crippen LogP contribution >= 0.6 is 0 Å². The zero-order valence-electron chi connectivity index (χ0n) is 17.4. The van der Waals surface area contributed by atoms with Gasteiger partial charge in [0.2, 0.25) is 5.90 Å². The first-order valence-corrected chi connectivity index (χ1v) is 10.1. The minimum Gasteiger partial charge on any atom is -0.497 e. The molecule has 1 aliphatic rings. The molecule has 0 radical (unpaired) electrons. The normalized spacial score (nSPS) is 15.8. The summed E-state index contributed by atoms with van der Waals surface area (Å²) in [5.41, 5.74) is 1.55. The van der Waals surface area contributed by atoms with Crippen LogP contribution in [0, 0.1) is 0 Å². The molecule has 5 heteroatoms. The SMILES string of the molecule is CCOC(=O)/C=C1\OC(c2ccc(OC)cc2)=NC1(c1ccccc1)c1ccccc1. The van der Waals surface area contributed by atoms with Crippen molar-refractivity contribution in [2.75, 3.05) is 13.7 Å². The minimum absolute atomic E-state index is 0.276. The highest BCUT2D eigenvalue weighted by atomic mass is 16.5. The van der Waals surface area contributed by atoms with E-state index in [0.717, 1.165) is 22.4 Å². The van der Waals surface area contributed by atoms with Gasteiger partial charge in [0.1, 0.15) is 5.75 Å². The van der Waals surface area contributed by atoms with E-state index in [4.69, 9.17) is 19.2 Å². The molecule has 4 rings (SSSR count). The molecule has 0 spiro atoms. The standard InChI is InChI=1S/C26H23NO4/c1-3-30-24(28)18-23-26(20-10-6-4-7-11-20,21-12-8-5-9-13-21)27-25(31-23)19-14-16-22(29-2)17-15-19/h4-18H,3H2,1-2H3/b23-18-. The van der Waals surface area contributed by atoms with Crippen LogP contribution in [0.15, 0.2) is 102 Å². The molecule has 0 aromatic heterocycles. The average Bonchev–Trinajstić information content (AvgIpc) is 3.20. The van der Waals surface area contributed by atoms with E-state index >= 15 is 0 Å². The Morgan fingerprint density at radius 1 is 0.935 bits per heavy atom. The van der Waals surface area contributed by atoms with E-state index < -0.39 is 11.5 Å². The minimum atomic E-state index is -1.01. The highest BCUT2D eigenvalue weighted by Crippen LogP contribution is 2.46. The quantitative estimate of drug-likeness (QED) is 0.428. The molecule has 0 aliphatic carbocycles. The fraction of sp³-hybridized carbons (Fsp3) is 0.154. The summed E-state index contributed by atoms with van der Waals surface area (Å²) in [5.74, 6) is 1.09. The molecule has 0 unspecified atom stereocenters. The molecule has 3 aromatic rings. The fourth-order valence-corrected chi connectivity index (χ4v) is 3.63. The van der Waals surface area contributed by atoms with E-state index in [1.165, 1.54) is 6.08 Å². The topological polar surface area (TPSA) is 57.1 Å².